The van der Waals surface area contributed by atoms with Crippen molar-refractivity contribution < 1.29 is 9.59 Å². The number of amides is 3. The zero-order valence-corrected chi connectivity index (χ0v) is 18.1. The summed E-state index contributed by atoms with van der Waals surface area (Å²) < 4.78 is 0. The van der Waals surface area contributed by atoms with Gasteiger partial charge >= 0.3 is 6.03 Å². The molecule has 0 aliphatic carbocycles. The van der Waals surface area contributed by atoms with Gasteiger partial charge in [-0.1, -0.05) is 42.0 Å². The first-order valence-electron chi connectivity index (χ1n) is 10.2. The zero-order chi connectivity index (χ0) is 21.6. The van der Waals surface area contributed by atoms with Crippen molar-refractivity contribution in [3.8, 4) is 0 Å². The van der Waals surface area contributed by atoms with E-state index in [1.165, 1.54) is 5.56 Å². The van der Waals surface area contributed by atoms with Crippen LogP contribution >= 0.6 is 11.8 Å². The van der Waals surface area contributed by atoms with Gasteiger partial charge in [0, 0.05) is 30.7 Å². The average Bonchev–Trinajstić information content (AvgIpc) is 2.78. The van der Waals surface area contributed by atoms with E-state index in [0.29, 0.717) is 25.2 Å². The summed E-state index contributed by atoms with van der Waals surface area (Å²) in [4.78, 5) is 31.1. The highest BCUT2D eigenvalue weighted by Crippen LogP contribution is 2.32. The fourth-order valence-electron chi connectivity index (χ4n) is 3.43. The summed E-state index contributed by atoms with van der Waals surface area (Å²) >= 11 is 1.66. The van der Waals surface area contributed by atoms with Crippen molar-refractivity contribution in [1.82, 2.24) is 10.3 Å². The minimum atomic E-state index is -0.182. The van der Waals surface area contributed by atoms with Crippen LogP contribution in [0.4, 0.5) is 16.2 Å². The standard InChI is InChI=1S/C24H24N4O2S/c1-17-4-2-5-19(14-17)16-26-22(29)15-18-7-9-20(10-8-18)27-24(30)28-12-13-31-23-21(28)6-3-11-25-23/h2-11,14H,12-13,15-16H2,1H3,(H,26,29)(H,27,30). The smallest absolute Gasteiger partial charge is 0.326 e. The maximum absolute atomic E-state index is 12.8. The van der Waals surface area contributed by atoms with Crippen molar-refractivity contribution in [2.75, 3.05) is 22.5 Å². The third kappa shape index (κ3) is 5.44. The Morgan fingerprint density at radius 2 is 1.90 bits per heavy atom. The van der Waals surface area contributed by atoms with Gasteiger partial charge in [-0.15, -0.1) is 11.8 Å². The molecule has 3 amide bonds. The molecule has 1 aliphatic rings. The number of nitrogens with one attached hydrogen (secondary N) is 2. The van der Waals surface area contributed by atoms with Crippen LogP contribution in [0.5, 0.6) is 0 Å². The quantitative estimate of drug-likeness (QED) is 0.627. The topological polar surface area (TPSA) is 74.3 Å². The molecule has 7 heteroatoms. The Labute approximate surface area is 186 Å². The van der Waals surface area contributed by atoms with Crippen LogP contribution in [-0.2, 0) is 17.8 Å². The lowest BCUT2D eigenvalue weighted by molar-refractivity contribution is -0.120. The van der Waals surface area contributed by atoms with Crippen LogP contribution < -0.4 is 15.5 Å². The first-order chi connectivity index (χ1) is 15.1. The number of carbonyl (C=O) groups is 2. The Bertz CT molecular complexity index is 1080. The Hall–Kier alpha value is -3.32. The van der Waals surface area contributed by atoms with Crippen molar-refractivity contribution in [1.29, 1.82) is 0 Å². The fraction of sp³-hybridized carbons (Fsp3) is 0.208. The van der Waals surface area contributed by atoms with E-state index in [-0.39, 0.29) is 11.9 Å². The molecule has 2 heterocycles. The lowest BCUT2D eigenvalue weighted by Gasteiger charge is -2.28. The largest absolute Gasteiger partial charge is 0.352 e. The van der Waals surface area contributed by atoms with Crippen molar-refractivity contribution in [2.45, 2.75) is 24.9 Å². The molecule has 158 valence electrons. The van der Waals surface area contributed by atoms with Gasteiger partial charge in [0.2, 0.25) is 5.91 Å². The van der Waals surface area contributed by atoms with E-state index in [1.807, 2.05) is 61.5 Å². The van der Waals surface area contributed by atoms with Gasteiger partial charge in [0.1, 0.15) is 5.03 Å². The van der Waals surface area contributed by atoms with Gasteiger partial charge in [-0.3, -0.25) is 9.69 Å². The molecule has 1 aliphatic heterocycles. The molecule has 4 rings (SSSR count). The molecule has 3 aromatic rings. The van der Waals surface area contributed by atoms with Crippen LogP contribution in [0, 0.1) is 6.92 Å². The highest BCUT2D eigenvalue weighted by atomic mass is 32.2. The van der Waals surface area contributed by atoms with Crippen molar-refractivity contribution in [2.24, 2.45) is 0 Å². The highest BCUT2D eigenvalue weighted by molar-refractivity contribution is 7.99. The third-order valence-electron chi connectivity index (χ3n) is 4.98. The third-order valence-corrected chi connectivity index (χ3v) is 5.96. The van der Waals surface area contributed by atoms with Crippen molar-refractivity contribution in [3.63, 3.8) is 0 Å². The molecule has 0 saturated carbocycles. The van der Waals surface area contributed by atoms with E-state index >= 15 is 0 Å². The minimum absolute atomic E-state index is 0.0341. The summed E-state index contributed by atoms with van der Waals surface area (Å²) in [6.45, 7) is 3.18. The number of hydrogen-bond acceptors (Lipinski definition) is 4. The summed E-state index contributed by atoms with van der Waals surface area (Å²) in [6.07, 6.45) is 2.03. The summed E-state index contributed by atoms with van der Waals surface area (Å²) in [5.41, 5.74) is 4.67. The van der Waals surface area contributed by atoms with Gasteiger partial charge < -0.3 is 10.6 Å². The van der Waals surface area contributed by atoms with E-state index in [0.717, 1.165) is 27.6 Å². The van der Waals surface area contributed by atoms with Gasteiger partial charge in [0.05, 0.1) is 12.1 Å². The van der Waals surface area contributed by atoms with E-state index in [9.17, 15) is 9.59 Å². The van der Waals surface area contributed by atoms with Crippen LogP contribution in [0.2, 0.25) is 0 Å². The highest BCUT2D eigenvalue weighted by Gasteiger charge is 2.23. The SMILES string of the molecule is Cc1cccc(CNC(=O)Cc2ccc(NC(=O)N3CCSc4ncccc43)cc2)c1. The van der Waals surface area contributed by atoms with Gasteiger partial charge in [0.15, 0.2) is 0 Å². The number of benzene rings is 2. The lowest BCUT2D eigenvalue weighted by Crippen LogP contribution is -2.38. The van der Waals surface area contributed by atoms with Crippen LogP contribution in [0.25, 0.3) is 0 Å². The molecular weight excluding hydrogens is 408 g/mol. The molecule has 0 spiro atoms. The summed E-state index contributed by atoms with van der Waals surface area (Å²) in [5.74, 6) is 0.779. The van der Waals surface area contributed by atoms with Gasteiger partial charge in [-0.2, -0.15) is 0 Å². The maximum atomic E-state index is 12.8. The molecule has 0 saturated heterocycles. The van der Waals surface area contributed by atoms with Crippen LogP contribution in [0.1, 0.15) is 16.7 Å². The summed E-state index contributed by atoms with van der Waals surface area (Å²) in [5, 5.41) is 6.76. The maximum Gasteiger partial charge on any atom is 0.326 e. The number of thioether (sulfide) groups is 1. The van der Waals surface area contributed by atoms with Gasteiger partial charge in [-0.05, 0) is 42.3 Å². The number of urea groups is 1. The molecule has 2 aromatic carbocycles. The zero-order valence-electron chi connectivity index (χ0n) is 17.3. The second-order valence-corrected chi connectivity index (χ2v) is 8.48. The number of anilines is 2. The summed E-state index contributed by atoms with van der Waals surface area (Å²) in [6, 6.07) is 19.0. The molecule has 0 radical (unpaired) electrons. The number of rotatable bonds is 5. The van der Waals surface area contributed by atoms with Crippen LogP contribution in [-0.4, -0.2) is 29.2 Å². The Kier molecular flexibility index (Phi) is 6.52. The predicted molar refractivity (Wildman–Crippen MR) is 124 cm³/mol. The molecule has 6 nitrogen and oxygen atoms in total. The van der Waals surface area contributed by atoms with E-state index in [1.54, 1.807) is 22.9 Å². The number of aryl methyl sites for hydroxylation is 1. The lowest BCUT2D eigenvalue weighted by atomic mass is 10.1. The molecule has 31 heavy (non-hydrogen) atoms. The number of hydrogen-bond donors (Lipinski definition) is 2. The first-order valence-corrected chi connectivity index (χ1v) is 11.1. The monoisotopic (exact) mass is 432 g/mol. The molecule has 0 unspecified atom stereocenters. The van der Waals surface area contributed by atoms with E-state index < -0.39 is 0 Å². The second-order valence-electron chi connectivity index (χ2n) is 7.40. The van der Waals surface area contributed by atoms with Crippen LogP contribution in [0.15, 0.2) is 71.9 Å². The fourth-order valence-corrected chi connectivity index (χ4v) is 4.36. The average molecular weight is 433 g/mol. The van der Waals surface area contributed by atoms with Crippen molar-refractivity contribution >= 4 is 35.1 Å². The van der Waals surface area contributed by atoms with E-state index in [4.69, 9.17) is 0 Å². The first kappa shape index (κ1) is 20.9. The molecule has 0 fully saturated rings. The molecule has 1 aromatic heterocycles. The minimum Gasteiger partial charge on any atom is -0.352 e. The summed E-state index contributed by atoms with van der Waals surface area (Å²) in [7, 11) is 0. The Morgan fingerprint density at radius 3 is 2.71 bits per heavy atom. The molecule has 0 bridgehead atoms. The van der Waals surface area contributed by atoms with Gasteiger partial charge in [-0.25, -0.2) is 9.78 Å². The normalized spacial score (nSPS) is 12.7. The number of fused-ring (bicyclic) bond motifs is 1. The number of carbonyl (C=O) groups excluding carboxylic acids is 2. The van der Waals surface area contributed by atoms with Crippen LogP contribution in [0.3, 0.4) is 0 Å². The predicted octanol–water partition coefficient (Wildman–Crippen LogP) is 4.39. The Balaban J connectivity index is 1.31. The number of aromatic nitrogens is 1. The van der Waals surface area contributed by atoms with Crippen molar-refractivity contribution in [3.05, 3.63) is 83.6 Å². The molecule has 0 atom stereocenters. The van der Waals surface area contributed by atoms with E-state index in [2.05, 4.69) is 21.7 Å². The Morgan fingerprint density at radius 1 is 1.06 bits per heavy atom. The number of pyridine rings is 1. The number of nitrogens with zero attached hydrogens (tertiary/aromatic N) is 2. The van der Waals surface area contributed by atoms with Gasteiger partial charge in [0.25, 0.3) is 0 Å². The molecular formula is C24H24N4O2S. The molecule has 2 N–H and O–H groups in total. The second kappa shape index (κ2) is 9.66.